The number of carbonyl (C=O) groups is 1. The van der Waals surface area contributed by atoms with E-state index in [1.54, 1.807) is 0 Å². The van der Waals surface area contributed by atoms with Gasteiger partial charge >= 0.3 is 0 Å². The van der Waals surface area contributed by atoms with Crippen LogP contribution in [0.5, 0.6) is 0 Å². The first kappa shape index (κ1) is 11.7. The molecule has 1 heteroatoms. The third-order valence-electron chi connectivity index (χ3n) is 3.67. The summed E-state index contributed by atoms with van der Waals surface area (Å²) < 4.78 is 0. The van der Waals surface area contributed by atoms with Gasteiger partial charge in [-0.2, -0.15) is 0 Å². The molecule has 1 rings (SSSR count). The Morgan fingerprint density at radius 3 is 1.79 bits per heavy atom. The van der Waals surface area contributed by atoms with Crippen LogP contribution in [0, 0.1) is 23.7 Å². The Balaban J connectivity index is 2.56. The van der Waals surface area contributed by atoms with Crippen molar-refractivity contribution in [3.05, 3.63) is 0 Å². The van der Waals surface area contributed by atoms with Gasteiger partial charge < -0.3 is 0 Å². The molecule has 0 atom stereocenters. The molecule has 0 unspecified atom stereocenters. The molecule has 0 amide bonds. The minimum absolute atomic E-state index is 0.479. The summed E-state index contributed by atoms with van der Waals surface area (Å²) in [6, 6.07) is 0. The van der Waals surface area contributed by atoms with Crippen LogP contribution < -0.4 is 0 Å². The van der Waals surface area contributed by atoms with E-state index in [2.05, 4.69) is 27.7 Å². The lowest BCUT2D eigenvalue weighted by molar-refractivity contribution is -0.121. The number of hydrogen-bond acceptors (Lipinski definition) is 1. The van der Waals surface area contributed by atoms with Crippen molar-refractivity contribution in [2.45, 2.75) is 53.4 Å². The Kier molecular flexibility index (Phi) is 4.15. The fourth-order valence-electron chi connectivity index (χ4n) is 3.21. The van der Waals surface area contributed by atoms with Crippen LogP contribution in [0.1, 0.15) is 53.4 Å². The highest BCUT2D eigenvalue weighted by Gasteiger charge is 2.30. The van der Waals surface area contributed by atoms with Gasteiger partial charge in [0.1, 0.15) is 5.78 Å². The van der Waals surface area contributed by atoms with Crippen molar-refractivity contribution in [3.63, 3.8) is 0 Å². The number of rotatable bonds is 3. The summed E-state index contributed by atoms with van der Waals surface area (Å²) in [5.74, 6) is 3.60. The molecule has 1 aliphatic rings. The lowest BCUT2D eigenvalue weighted by atomic mass is 9.70. The minimum atomic E-state index is 0.479. The van der Waals surface area contributed by atoms with Crippen LogP contribution >= 0.6 is 0 Å². The number of carbonyl (C=O) groups excluding carboxylic acids is 1. The number of hydrogen-bond donors (Lipinski definition) is 0. The van der Waals surface area contributed by atoms with E-state index in [0.29, 0.717) is 5.78 Å². The van der Waals surface area contributed by atoms with E-state index >= 15 is 0 Å². The van der Waals surface area contributed by atoms with Crippen LogP contribution in [0.25, 0.3) is 0 Å². The maximum atomic E-state index is 11.2. The zero-order valence-electron chi connectivity index (χ0n) is 10.0. The van der Waals surface area contributed by atoms with Gasteiger partial charge in [-0.05, 0) is 36.5 Å². The maximum Gasteiger partial charge on any atom is 0.132 e. The molecule has 14 heavy (non-hydrogen) atoms. The number of ketones is 1. The highest BCUT2D eigenvalue weighted by Crippen LogP contribution is 2.37. The molecule has 0 heterocycles. The van der Waals surface area contributed by atoms with Gasteiger partial charge in [-0.15, -0.1) is 0 Å². The normalized spacial score (nSPS) is 20.1. The van der Waals surface area contributed by atoms with Crippen molar-refractivity contribution in [2.24, 2.45) is 23.7 Å². The van der Waals surface area contributed by atoms with E-state index in [-0.39, 0.29) is 0 Å². The molecule has 0 aromatic rings. The summed E-state index contributed by atoms with van der Waals surface area (Å²) in [5.41, 5.74) is 0. The van der Waals surface area contributed by atoms with Crippen molar-refractivity contribution in [3.8, 4) is 0 Å². The van der Waals surface area contributed by atoms with Crippen LogP contribution in [0.15, 0.2) is 0 Å². The third kappa shape index (κ3) is 2.83. The van der Waals surface area contributed by atoms with E-state index in [0.717, 1.165) is 49.4 Å². The minimum Gasteiger partial charge on any atom is -0.300 e. The molecule has 0 N–H and O–H groups in total. The zero-order valence-corrected chi connectivity index (χ0v) is 10.0. The third-order valence-corrected chi connectivity index (χ3v) is 3.67. The van der Waals surface area contributed by atoms with Crippen LogP contribution in [0.3, 0.4) is 0 Å². The summed E-state index contributed by atoms with van der Waals surface area (Å²) in [6.07, 6.45) is 3.95. The predicted octanol–water partition coefficient (Wildman–Crippen LogP) is 3.67. The molecule has 1 fully saturated rings. The summed E-state index contributed by atoms with van der Waals surface area (Å²) in [6.45, 7) is 9.28. The molecule has 1 aliphatic carbocycles. The van der Waals surface area contributed by atoms with Crippen molar-refractivity contribution < 1.29 is 4.79 Å². The lowest BCUT2D eigenvalue weighted by Gasteiger charge is -2.35. The van der Waals surface area contributed by atoms with Gasteiger partial charge in [0, 0.05) is 12.8 Å². The molecule has 0 bridgehead atoms. The fraction of sp³-hybridized carbons (Fsp3) is 0.923. The average molecular weight is 196 g/mol. The molecule has 82 valence electrons. The maximum absolute atomic E-state index is 11.2. The van der Waals surface area contributed by atoms with Crippen LogP contribution in [-0.2, 0) is 4.79 Å². The molecule has 0 aromatic heterocycles. The van der Waals surface area contributed by atoms with E-state index in [9.17, 15) is 4.79 Å². The fourth-order valence-corrected chi connectivity index (χ4v) is 3.21. The standard InChI is InChI=1S/C13H24O/c1-9(2)13(10(3)4)11-5-7-12(14)8-6-11/h9-11,13H,5-8H2,1-4H3. The van der Waals surface area contributed by atoms with Gasteiger partial charge in [0.15, 0.2) is 0 Å². The van der Waals surface area contributed by atoms with Crippen molar-refractivity contribution >= 4 is 5.78 Å². The first-order chi connectivity index (χ1) is 6.52. The van der Waals surface area contributed by atoms with Gasteiger partial charge in [0.25, 0.3) is 0 Å². The monoisotopic (exact) mass is 196 g/mol. The smallest absolute Gasteiger partial charge is 0.132 e. The predicted molar refractivity (Wildman–Crippen MR) is 60.1 cm³/mol. The SMILES string of the molecule is CC(C)C(C(C)C)C1CCC(=O)CC1. The van der Waals surface area contributed by atoms with Gasteiger partial charge in [0.05, 0.1) is 0 Å². The molecular weight excluding hydrogens is 172 g/mol. The summed E-state index contributed by atoms with van der Waals surface area (Å²) in [5, 5.41) is 0. The first-order valence-electron chi connectivity index (χ1n) is 6.04. The Bertz CT molecular complexity index is 175. The molecule has 1 nitrogen and oxygen atoms in total. The van der Waals surface area contributed by atoms with E-state index in [4.69, 9.17) is 0 Å². The van der Waals surface area contributed by atoms with E-state index < -0.39 is 0 Å². The van der Waals surface area contributed by atoms with Crippen LogP contribution in [-0.4, -0.2) is 5.78 Å². The molecule has 0 saturated heterocycles. The highest BCUT2D eigenvalue weighted by atomic mass is 16.1. The summed E-state index contributed by atoms with van der Waals surface area (Å²) in [7, 11) is 0. The second-order valence-electron chi connectivity index (χ2n) is 5.44. The van der Waals surface area contributed by atoms with Crippen molar-refractivity contribution in [2.75, 3.05) is 0 Å². The van der Waals surface area contributed by atoms with Gasteiger partial charge in [-0.1, -0.05) is 27.7 Å². The summed E-state index contributed by atoms with van der Waals surface area (Å²) in [4.78, 5) is 11.2. The first-order valence-corrected chi connectivity index (χ1v) is 6.04. The van der Waals surface area contributed by atoms with E-state index in [1.807, 2.05) is 0 Å². The average Bonchev–Trinajstić information content (AvgIpc) is 2.07. The molecule has 0 aromatic carbocycles. The second kappa shape index (κ2) is 4.95. The highest BCUT2D eigenvalue weighted by molar-refractivity contribution is 5.79. The number of Topliss-reactive ketones (excluding diaryl/α,β-unsaturated/α-hetero) is 1. The zero-order chi connectivity index (χ0) is 10.7. The second-order valence-corrected chi connectivity index (χ2v) is 5.44. The molecular formula is C13H24O. The van der Waals surface area contributed by atoms with Gasteiger partial charge in [-0.3, -0.25) is 4.79 Å². The largest absolute Gasteiger partial charge is 0.300 e. The lowest BCUT2D eigenvalue weighted by Crippen LogP contribution is -2.29. The Hall–Kier alpha value is -0.330. The van der Waals surface area contributed by atoms with Crippen molar-refractivity contribution in [1.82, 2.24) is 0 Å². The van der Waals surface area contributed by atoms with Gasteiger partial charge in [-0.25, -0.2) is 0 Å². The molecule has 1 saturated carbocycles. The molecule has 0 radical (unpaired) electrons. The Labute approximate surface area is 88.3 Å². The Morgan fingerprint density at radius 1 is 1.00 bits per heavy atom. The van der Waals surface area contributed by atoms with Crippen LogP contribution in [0.2, 0.25) is 0 Å². The van der Waals surface area contributed by atoms with Crippen LogP contribution in [0.4, 0.5) is 0 Å². The Morgan fingerprint density at radius 2 is 1.43 bits per heavy atom. The van der Waals surface area contributed by atoms with Crippen molar-refractivity contribution in [1.29, 1.82) is 0 Å². The molecule has 0 aliphatic heterocycles. The topological polar surface area (TPSA) is 17.1 Å². The van der Waals surface area contributed by atoms with Gasteiger partial charge in [0.2, 0.25) is 0 Å². The summed E-state index contributed by atoms with van der Waals surface area (Å²) >= 11 is 0. The van der Waals surface area contributed by atoms with E-state index in [1.165, 1.54) is 0 Å². The quantitative estimate of drug-likeness (QED) is 0.673. The molecule has 0 spiro atoms.